The summed E-state index contributed by atoms with van der Waals surface area (Å²) < 4.78 is 36.5. The highest BCUT2D eigenvalue weighted by molar-refractivity contribution is 5.74. The lowest BCUT2D eigenvalue weighted by molar-refractivity contribution is -0.135. The Balaban J connectivity index is 2.09. The zero-order chi connectivity index (χ0) is 14.6. The molecule has 1 heterocycles. The average molecular weight is 284 g/mol. The number of aromatic nitrogens is 2. The summed E-state index contributed by atoms with van der Waals surface area (Å²) in [5.41, 5.74) is 4.80. The van der Waals surface area contributed by atoms with Gasteiger partial charge in [-0.15, -0.1) is 0 Å². The van der Waals surface area contributed by atoms with Crippen LogP contribution < -0.4 is 11.3 Å². The number of hydrazine groups is 1. The molecule has 20 heavy (non-hydrogen) atoms. The molecule has 0 saturated carbocycles. The summed E-state index contributed by atoms with van der Waals surface area (Å²) in [6.07, 6.45) is -1.45. The van der Waals surface area contributed by atoms with Crippen molar-refractivity contribution in [3.05, 3.63) is 36.2 Å². The van der Waals surface area contributed by atoms with E-state index in [4.69, 9.17) is 5.84 Å². The van der Waals surface area contributed by atoms with Crippen molar-refractivity contribution in [3.63, 3.8) is 0 Å². The Kier molecular flexibility index (Phi) is 4.51. The lowest BCUT2D eigenvalue weighted by Gasteiger charge is -2.17. The van der Waals surface area contributed by atoms with Crippen molar-refractivity contribution in [1.29, 1.82) is 0 Å². The number of benzene rings is 1. The molecule has 4 nitrogen and oxygen atoms in total. The van der Waals surface area contributed by atoms with E-state index >= 15 is 0 Å². The molecule has 0 spiro atoms. The van der Waals surface area contributed by atoms with Gasteiger partial charge in [-0.3, -0.25) is 21.2 Å². The molecule has 0 saturated heterocycles. The van der Waals surface area contributed by atoms with Gasteiger partial charge >= 0.3 is 6.18 Å². The van der Waals surface area contributed by atoms with Gasteiger partial charge in [-0.1, -0.05) is 6.07 Å². The number of nitrogens with one attached hydrogen (secondary N) is 1. The second-order valence-electron chi connectivity index (χ2n) is 4.53. The number of hydrogen-bond donors (Lipinski definition) is 2. The van der Waals surface area contributed by atoms with E-state index in [2.05, 4.69) is 15.4 Å². The van der Waals surface area contributed by atoms with Crippen molar-refractivity contribution in [2.24, 2.45) is 5.84 Å². The van der Waals surface area contributed by atoms with E-state index < -0.39 is 12.6 Å². The number of nitrogens with zero attached hydrogens (tertiary/aromatic N) is 2. The van der Waals surface area contributed by atoms with Crippen LogP contribution >= 0.6 is 0 Å². The Labute approximate surface area is 114 Å². The van der Waals surface area contributed by atoms with Crippen molar-refractivity contribution in [2.75, 3.05) is 0 Å². The van der Waals surface area contributed by atoms with E-state index in [9.17, 15) is 13.2 Å². The quantitative estimate of drug-likeness (QED) is 0.654. The lowest BCUT2D eigenvalue weighted by atomic mass is 10.0. The zero-order valence-corrected chi connectivity index (χ0v) is 10.7. The average Bonchev–Trinajstić information content (AvgIpc) is 2.42. The first kappa shape index (κ1) is 14.7. The maximum Gasteiger partial charge on any atom is 0.389 e. The van der Waals surface area contributed by atoms with Gasteiger partial charge in [0.15, 0.2) is 0 Å². The van der Waals surface area contributed by atoms with Crippen LogP contribution in [-0.2, 0) is 0 Å². The number of fused-ring (bicyclic) bond motifs is 1. The molecule has 0 aliphatic carbocycles. The molecule has 1 aromatic carbocycles. The van der Waals surface area contributed by atoms with Crippen molar-refractivity contribution < 1.29 is 13.2 Å². The van der Waals surface area contributed by atoms with Gasteiger partial charge in [-0.2, -0.15) is 13.2 Å². The largest absolute Gasteiger partial charge is 0.389 e. The van der Waals surface area contributed by atoms with E-state index in [-0.39, 0.29) is 12.5 Å². The van der Waals surface area contributed by atoms with Gasteiger partial charge in [0.05, 0.1) is 11.0 Å². The normalized spacial score (nSPS) is 13.6. The second-order valence-corrected chi connectivity index (χ2v) is 4.53. The number of nitrogens with two attached hydrogens (primary N) is 1. The summed E-state index contributed by atoms with van der Waals surface area (Å²) in [6.45, 7) is 0. The highest BCUT2D eigenvalue weighted by Gasteiger charge is 2.26. The van der Waals surface area contributed by atoms with Crippen molar-refractivity contribution >= 4 is 11.0 Å². The summed E-state index contributed by atoms with van der Waals surface area (Å²) in [5, 5.41) is 0. The Hall–Kier alpha value is -1.73. The molecule has 2 rings (SSSR count). The topological polar surface area (TPSA) is 63.8 Å². The Bertz CT molecular complexity index is 571. The molecular weight excluding hydrogens is 269 g/mol. The summed E-state index contributed by atoms with van der Waals surface area (Å²) in [7, 11) is 0. The van der Waals surface area contributed by atoms with E-state index in [1.807, 2.05) is 0 Å². The SMILES string of the molecule is NNC(CCCC(F)(F)F)c1ccc2nccnc2c1. The van der Waals surface area contributed by atoms with Gasteiger partial charge in [-0.25, -0.2) is 0 Å². The molecule has 0 aliphatic rings. The fourth-order valence-corrected chi connectivity index (χ4v) is 2.05. The van der Waals surface area contributed by atoms with Crippen LogP contribution in [0.5, 0.6) is 0 Å². The van der Waals surface area contributed by atoms with E-state index in [1.165, 1.54) is 0 Å². The van der Waals surface area contributed by atoms with Crippen LogP contribution in [0.4, 0.5) is 13.2 Å². The predicted octanol–water partition coefficient (Wildman–Crippen LogP) is 2.87. The van der Waals surface area contributed by atoms with Gasteiger partial charge in [0.2, 0.25) is 0 Å². The van der Waals surface area contributed by atoms with Gasteiger partial charge in [0, 0.05) is 24.9 Å². The lowest BCUT2D eigenvalue weighted by Crippen LogP contribution is -2.28. The molecule has 1 atom stereocenters. The van der Waals surface area contributed by atoms with Crippen LogP contribution in [0.15, 0.2) is 30.6 Å². The molecule has 0 aliphatic heterocycles. The van der Waals surface area contributed by atoms with Crippen LogP contribution in [0.25, 0.3) is 11.0 Å². The number of rotatable bonds is 5. The molecular formula is C13H15F3N4. The molecule has 108 valence electrons. The minimum atomic E-state index is -4.13. The van der Waals surface area contributed by atoms with Gasteiger partial charge < -0.3 is 0 Å². The van der Waals surface area contributed by atoms with E-state index in [1.54, 1.807) is 30.6 Å². The summed E-state index contributed by atoms with van der Waals surface area (Å²) >= 11 is 0. The van der Waals surface area contributed by atoms with Gasteiger partial charge in [0.1, 0.15) is 0 Å². The molecule has 0 radical (unpaired) electrons. The highest BCUT2D eigenvalue weighted by atomic mass is 19.4. The number of halogens is 3. The molecule has 1 unspecified atom stereocenters. The second kappa shape index (κ2) is 6.15. The van der Waals surface area contributed by atoms with Crippen molar-refractivity contribution in [2.45, 2.75) is 31.5 Å². The smallest absolute Gasteiger partial charge is 0.271 e. The monoisotopic (exact) mass is 284 g/mol. The third kappa shape index (κ3) is 3.88. The highest BCUT2D eigenvalue weighted by Crippen LogP contribution is 2.26. The maximum atomic E-state index is 12.2. The first-order valence-corrected chi connectivity index (χ1v) is 6.23. The molecule has 1 aromatic heterocycles. The predicted molar refractivity (Wildman–Crippen MR) is 69.5 cm³/mol. The first-order chi connectivity index (χ1) is 9.49. The van der Waals surface area contributed by atoms with Crippen molar-refractivity contribution in [1.82, 2.24) is 15.4 Å². The fourth-order valence-electron chi connectivity index (χ4n) is 2.05. The molecule has 0 bridgehead atoms. The van der Waals surface area contributed by atoms with Crippen LogP contribution in [0, 0.1) is 0 Å². The third-order valence-corrected chi connectivity index (χ3v) is 3.05. The molecule has 0 amide bonds. The number of alkyl halides is 3. The first-order valence-electron chi connectivity index (χ1n) is 6.23. The zero-order valence-electron chi connectivity index (χ0n) is 10.7. The Morgan fingerprint density at radius 1 is 1.15 bits per heavy atom. The Morgan fingerprint density at radius 2 is 1.85 bits per heavy atom. The van der Waals surface area contributed by atoms with Crippen LogP contribution in [0.3, 0.4) is 0 Å². The summed E-state index contributed by atoms with van der Waals surface area (Å²) in [6, 6.07) is 5.05. The third-order valence-electron chi connectivity index (χ3n) is 3.05. The summed E-state index contributed by atoms with van der Waals surface area (Å²) in [5.74, 6) is 5.43. The van der Waals surface area contributed by atoms with Crippen LogP contribution in [0.2, 0.25) is 0 Å². The van der Waals surface area contributed by atoms with Gasteiger partial charge in [0.25, 0.3) is 0 Å². The molecule has 3 N–H and O–H groups in total. The number of hydrogen-bond acceptors (Lipinski definition) is 4. The minimum absolute atomic E-state index is 0.0247. The molecule has 0 fully saturated rings. The summed E-state index contributed by atoms with van der Waals surface area (Å²) in [4.78, 5) is 8.31. The minimum Gasteiger partial charge on any atom is -0.271 e. The maximum absolute atomic E-state index is 12.2. The fraction of sp³-hybridized carbons (Fsp3) is 0.385. The van der Waals surface area contributed by atoms with E-state index in [0.717, 1.165) is 11.1 Å². The van der Waals surface area contributed by atoms with Gasteiger partial charge in [-0.05, 0) is 30.5 Å². The molecule has 2 aromatic rings. The molecule has 7 heteroatoms. The van der Waals surface area contributed by atoms with E-state index in [0.29, 0.717) is 11.9 Å². The van der Waals surface area contributed by atoms with Crippen molar-refractivity contribution in [3.8, 4) is 0 Å². The van der Waals surface area contributed by atoms with Crippen LogP contribution in [0.1, 0.15) is 30.9 Å². The standard InChI is InChI=1S/C13H15F3N4/c14-13(15,16)5-1-2-10(20-17)9-3-4-11-12(8-9)19-7-6-18-11/h3-4,6-8,10,20H,1-2,5,17H2. The Morgan fingerprint density at radius 3 is 2.50 bits per heavy atom. The van der Waals surface area contributed by atoms with Crippen LogP contribution in [-0.4, -0.2) is 16.1 Å².